The van der Waals surface area contributed by atoms with Crippen molar-refractivity contribution in [3.05, 3.63) is 145 Å². The van der Waals surface area contributed by atoms with Crippen molar-refractivity contribution in [3.63, 3.8) is 0 Å². The van der Waals surface area contributed by atoms with Gasteiger partial charge in [0, 0.05) is 37.9 Å². The van der Waals surface area contributed by atoms with Crippen LogP contribution in [0, 0.1) is 11.6 Å². The van der Waals surface area contributed by atoms with Gasteiger partial charge in [-0.15, -0.1) is 0 Å². The first-order chi connectivity index (χ1) is 21.6. The molecule has 0 aliphatic rings. The molecule has 8 rings (SSSR count). The van der Waals surface area contributed by atoms with Crippen LogP contribution in [0.2, 0.25) is 0 Å². The summed E-state index contributed by atoms with van der Waals surface area (Å²) in [6.07, 6.45) is 10.9. The fraction of sp³-hybridized carbons (Fsp3) is 0.0588. The summed E-state index contributed by atoms with van der Waals surface area (Å²) >= 11 is 0. The van der Waals surface area contributed by atoms with E-state index in [1.807, 2.05) is 57.9 Å². The van der Waals surface area contributed by atoms with Gasteiger partial charge in [0.2, 0.25) is 0 Å². The lowest BCUT2D eigenvalue weighted by Crippen LogP contribution is -1.95. The topological polar surface area (TPSA) is 124 Å². The number of fused-ring (bicyclic) bond motifs is 2. The standard InChI is InChI=1S/2C17H13FN4.H2O/c2*18-14-4-2-1-3-13(14)17-20-15-6-5-12(9-16(15)21-17)10-22-8-7-19-11-22;/h2*1-9,11H,10H2,(H,20,21);1H2. The molecule has 8 aromatic rings. The second-order valence-electron chi connectivity index (χ2n) is 10.3. The van der Waals surface area contributed by atoms with E-state index in [4.69, 9.17) is 0 Å². The van der Waals surface area contributed by atoms with Crippen LogP contribution in [0.3, 0.4) is 0 Å². The minimum absolute atomic E-state index is 0. The van der Waals surface area contributed by atoms with E-state index in [0.717, 1.165) is 46.3 Å². The number of hydrogen-bond acceptors (Lipinski definition) is 4. The van der Waals surface area contributed by atoms with Crippen LogP contribution in [-0.4, -0.2) is 44.5 Å². The van der Waals surface area contributed by atoms with Crippen LogP contribution in [0.1, 0.15) is 11.1 Å². The highest BCUT2D eigenvalue weighted by molar-refractivity contribution is 5.81. The quantitative estimate of drug-likeness (QED) is 0.228. The highest BCUT2D eigenvalue weighted by Crippen LogP contribution is 2.25. The van der Waals surface area contributed by atoms with Gasteiger partial charge in [0.05, 0.1) is 45.8 Å². The van der Waals surface area contributed by atoms with E-state index >= 15 is 0 Å². The zero-order chi connectivity index (χ0) is 29.9. The Hall–Kier alpha value is -5.94. The number of nitrogens with zero attached hydrogens (tertiary/aromatic N) is 6. The Labute approximate surface area is 256 Å². The van der Waals surface area contributed by atoms with Crippen molar-refractivity contribution in [2.24, 2.45) is 0 Å². The zero-order valence-corrected chi connectivity index (χ0v) is 23.9. The Kier molecular flexibility index (Phi) is 8.25. The van der Waals surface area contributed by atoms with Gasteiger partial charge in [-0.25, -0.2) is 28.7 Å². The Morgan fingerprint density at radius 2 is 1.02 bits per heavy atom. The maximum absolute atomic E-state index is 13.9. The second kappa shape index (κ2) is 12.7. The summed E-state index contributed by atoms with van der Waals surface area (Å²) in [5, 5.41) is 0. The maximum Gasteiger partial charge on any atom is 0.141 e. The minimum atomic E-state index is -0.278. The van der Waals surface area contributed by atoms with Crippen LogP contribution < -0.4 is 0 Å². The number of benzene rings is 4. The molecule has 0 amide bonds. The van der Waals surface area contributed by atoms with Crippen molar-refractivity contribution in [1.29, 1.82) is 0 Å². The first kappa shape index (κ1) is 29.1. The molecule has 0 aliphatic heterocycles. The lowest BCUT2D eigenvalue weighted by Gasteiger charge is -2.01. The zero-order valence-electron chi connectivity index (χ0n) is 23.9. The molecule has 224 valence electrons. The van der Waals surface area contributed by atoms with E-state index in [1.54, 1.807) is 61.4 Å². The Bertz CT molecular complexity index is 2010. The third-order valence-electron chi connectivity index (χ3n) is 7.20. The third-order valence-corrected chi connectivity index (χ3v) is 7.20. The molecule has 9 nitrogen and oxygen atoms in total. The molecule has 0 atom stereocenters. The van der Waals surface area contributed by atoms with Gasteiger partial charge < -0.3 is 24.6 Å². The van der Waals surface area contributed by atoms with Gasteiger partial charge in [-0.3, -0.25) is 0 Å². The maximum atomic E-state index is 13.9. The Morgan fingerprint density at radius 1 is 0.578 bits per heavy atom. The largest absolute Gasteiger partial charge is 0.412 e. The molecule has 0 bridgehead atoms. The van der Waals surface area contributed by atoms with E-state index < -0.39 is 0 Å². The number of rotatable bonds is 6. The number of nitrogens with one attached hydrogen (secondary N) is 2. The van der Waals surface area contributed by atoms with Crippen LogP contribution >= 0.6 is 0 Å². The van der Waals surface area contributed by atoms with Crippen LogP contribution in [0.4, 0.5) is 8.78 Å². The average molecular weight is 603 g/mol. The Morgan fingerprint density at radius 3 is 1.42 bits per heavy atom. The predicted octanol–water partition coefficient (Wildman–Crippen LogP) is 6.40. The molecule has 0 aliphatic carbocycles. The molecule has 11 heteroatoms. The Balaban J connectivity index is 0.000000155. The molecule has 0 radical (unpaired) electrons. The molecule has 0 spiro atoms. The fourth-order valence-corrected chi connectivity index (χ4v) is 5.05. The van der Waals surface area contributed by atoms with Crippen molar-refractivity contribution in [2.75, 3.05) is 0 Å². The van der Waals surface area contributed by atoms with Crippen molar-refractivity contribution in [2.45, 2.75) is 13.1 Å². The average Bonchev–Trinajstić information content (AvgIpc) is 3.85. The lowest BCUT2D eigenvalue weighted by molar-refractivity contribution is 0.630. The van der Waals surface area contributed by atoms with Crippen LogP contribution in [0.5, 0.6) is 0 Å². The summed E-state index contributed by atoms with van der Waals surface area (Å²) in [7, 11) is 0. The summed E-state index contributed by atoms with van der Waals surface area (Å²) in [5.74, 6) is 0.543. The van der Waals surface area contributed by atoms with Gasteiger partial charge in [0.25, 0.3) is 0 Å². The number of imidazole rings is 4. The highest BCUT2D eigenvalue weighted by Gasteiger charge is 2.11. The SMILES string of the molecule is Fc1ccccc1-c1nc2ccc(Cn3ccnc3)cc2[nH]1.Fc1ccccc1-c1nc2ccc(Cn3ccnc3)cc2[nH]1.O. The van der Waals surface area contributed by atoms with Gasteiger partial charge in [-0.1, -0.05) is 36.4 Å². The van der Waals surface area contributed by atoms with Crippen LogP contribution in [0.15, 0.2) is 122 Å². The van der Waals surface area contributed by atoms with E-state index in [0.29, 0.717) is 22.8 Å². The van der Waals surface area contributed by atoms with Gasteiger partial charge in [-0.05, 0) is 59.7 Å². The normalized spacial score (nSPS) is 10.9. The van der Waals surface area contributed by atoms with E-state index in [9.17, 15) is 8.78 Å². The number of halogens is 2. The van der Waals surface area contributed by atoms with Crippen molar-refractivity contribution in [1.82, 2.24) is 39.0 Å². The number of aromatic amines is 2. The van der Waals surface area contributed by atoms with E-state index in [-0.39, 0.29) is 17.1 Å². The molecule has 0 fully saturated rings. The molecule has 0 unspecified atom stereocenters. The van der Waals surface area contributed by atoms with Gasteiger partial charge in [-0.2, -0.15) is 0 Å². The monoisotopic (exact) mass is 602 g/mol. The smallest absolute Gasteiger partial charge is 0.141 e. The molecule has 4 N–H and O–H groups in total. The van der Waals surface area contributed by atoms with E-state index in [1.165, 1.54) is 12.1 Å². The summed E-state index contributed by atoms with van der Waals surface area (Å²) < 4.78 is 31.7. The number of aromatic nitrogens is 8. The fourth-order valence-electron chi connectivity index (χ4n) is 5.05. The predicted molar refractivity (Wildman–Crippen MR) is 169 cm³/mol. The summed E-state index contributed by atoms with van der Waals surface area (Å²) in [4.78, 5) is 23.4. The van der Waals surface area contributed by atoms with Gasteiger partial charge >= 0.3 is 0 Å². The summed E-state index contributed by atoms with van der Waals surface area (Å²) in [6, 6.07) is 25.3. The van der Waals surface area contributed by atoms with Crippen molar-refractivity contribution >= 4 is 22.1 Å². The number of H-pyrrole nitrogens is 2. The number of hydrogen-bond donors (Lipinski definition) is 2. The molecule has 0 saturated heterocycles. The van der Waals surface area contributed by atoms with Crippen molar-refractivity contribution in [3.8, 4) is 22.8 Å². The van der Waals surface area contributed by atoms with Gasteiger partial charge in [0.1, 0.15) is 23.3 Å². The minimum Gasteiger partial charge on any atom is -0.412 e. The molecule has 4 aromatic heterocycles. The first-order valence-corrected chi connectivity index (χ1v) is 14.0. The second-order valence-corrected chi connectivity index (χ2v) is 10.3. The highest BCUT2D eigenvalue weighted by atomic mass is 19.1. The van der Waals surface area contributed by atoms with Crippen LogP contribution in [0.25, 0.3) is 44.8 Å². The van der Waals surface area contributed by atoms with E-state index in [2.05, 4.69) is 29.9 Å². The molecular weight excluding hydrogens is 574 g/mol. The third kappa shape index (κ3) is 6.38. The molecule has 0 saturated carbocycles. The van der Waals surface area contributed by atoms with Crippen molar-refractivity contribution < 1.29 is 14.3 Å². The first-order valence-electron chi connectivity index (χ1n) is 14.0. The van der Waals surface area contributed by atoms with Gasteiger partial charge in [0.15, 0.2) is 0 Å². The molecule has 4 aromatic carbocycles. The van der Waals surface area contributed by atoms with Crippen LogP contribution in [-0.2, 0) is 13.1 Å². The summed E-state index contributed by atoms with van der Waals surface area (Å²) in [6.45, 7) is 1.48. The molecule has 4 heterocycles. The molecular formula is C34H28F2N8O. The summed E-state index contributed by atoms with van der Waals surface area (Å²) in [5.41, 5.74) is 6.68. The lowest BCUT2D eigenvalue weighted by atomic mass is 10.2. The molecule has 45 heavy (non-hydrogen) atoms.